The van der Waals surface area contributed by atoms with Gasteiger partial charge in [0, 0.05) is 11.8 Å². The number of nitrogens with zero attached hydrogens (tertiary/aromatic N) is 1. The third kappa shape index (κ3) is 4.11. The molecule has 0 atom stereocenters. The fourth-order valence-corrected chi connectivity index (χ4v) is 3.11. The van der Waals surface area contributed by atoms with Gasteiger partial charge in [0.25, 0.3) is 0 Å². The summed E-state index contributed by atoms with van der Waals surface area (Å²) in [5.41, 5.74) is 5.51. The van der Waals surface area contributed by atoms with Crippen molar-refractivity contribution in [3.8, 4) is 11.5 Å². The van der Waals surface area contributed by atoms with E-state index in [1.807, 2.05) is 25.1 Å². The lowest BCUT2D eigenvalue weighted by Gasteiger charge is -2.19. The summed E-state index contributed by atoms with van der Waals surface area (Å²) in [4.78, 5) is 0.282. The lowest BCUT2D eigenvalue weighted by atomic mass is 10.1. The van der Waals surface area contributed by atoms with Gasteiger partial charge >= 0.3 is 0 Å². The van der Waals surface area contributed by atoms with Gasteiger partial charge in [-0.1, -0.05) is 6.92 Å². The average molecular weight is 360 g/mol. The van der Waals surface area contributed by atoms with Crippen LogP contribution in [0, 0.1) is 0 Å². The molecule has 0 saturated heterocycles. The Kier molecular flexibility index (Phi) is 4.94. The molecule has 0 amide bonds. The molecule has 0 aliphatic carbocycles. The van der Waals surface area contributed by atoms with Gasteiger partial charge in [0.15, 0.2) is 21.3 Å². The molecule has 1 aliphatic heterocycles. The minimum absolute atomic E-state index is 0.282. The molecule has 132 valence electrons. The van der Waals surface area contributed by atoms with Crippen LogP contribution in [0.4, 0.5) is 5.69 Å². The predicted octanol–water partition coefficient (Wildman–Crippen LogP) is 3.09. The molecule has 6 nitrogen and oxygen atoms in total. The Morgan fingerprint density at radius 1 is 1.08 bits per heavy atom. The Labute approximate surface area is 147 Å². The van der Waals surface area contributed by atoms with Crippen LogP contribution >= 0.6 is 0 Å². The summed E-state index contributed by atoms with van der Waals surface area (Å²) in [6, 6.07) is 12.3. The second-order valence-corrected chi connectivity index (χ2v) is 7.69. The van der Waals surface area contributed by atoms with Gasteiger partial charge < -0.3 is 9.47 Å². The summed E-state index contributed by atoms with van der Waals surface area (Å²) in [6.45, 7) is 3.12. The van der Waals surface area contributed by atoms with Crippen LogP contribution in [0.1, 0.15) is 18.9 Å². The highest BCUT2D eigenvalue weighted by Gasteiger charge is 2.13. The fourth-order valence-electron chi connectivity index (χ4n) is 2.48. The highest BCUT2D eigenvalue weighted by Crippen LogP contribution is 2.31. The number of ether oxygens (including phenoxy) is 2. The van der Waals surface area contributed by atoms with Crippen molar-refractivity contribution < 1.29 is 17.9 Å². The van der Waals surface area contributed by atoms with Crippen molar-refractivity contribution in [1.82, 2.24) is 0 Å². The van der Waals surface area contributed by atoms with E-state index in [0.29, 0.717) is 13.2 Å². The Bertz CT molecular complexity index is 890. The van der Waals surface area contributed by atoms with E-state index >= 15 is 0 Å². The lowest BCUT2D eigenvalue weighted by Crippen LogP contribution is -2.16. The van der Waals surface area contributed by atoms with Crippen LogP contribution in [0.25, 0.3) is 0 Å². The van der Waals surface area contributed by atoms with Crippen molar-refractivity contribution in [2.24, 2.45) is 5.10 Å². The van der Waals surface area contributed by atoms with E-state index in [2.05, 4.69) is 10.5 Å². The third-order valence-electron chi connectivity index (χ3n) is 3.81. The second kappa shape index (κ2) is 7.14. The van der Waals surface area contributed by atoms with Crippen LogP contribution in [-0.2, 0) is 9.84 Å². The van der Waals surface area contributed by atoms with Crippen molar-refractivity contribution in [3.05, 3.63) is 48.0 Å². The van der Waals surface area contributed by atoms with E-state index in [4.69, 9.17) is 9.47 Å². The number of anilines is 1. The average Bonchev–Trinajstić information content (AvgIpc) is 2.62. The van der Waals surface area contributed by atoms with Gasteiger partial charge in [-0.3, -0.25) is 5.43 Å². The topological polar surface area (TPSA) is 77.0 Å². The molecule has 7 heteroatoms. The Morgan fingerprint density at radius 3 is 2.40 bits per heavy atom. The van der Waals surface area contributed by atoms with Crippen LogP contribution < -0.4 is 14.9 Å². The zero-order chi connectivity index (χ0) is 17.9. The molecule has 0 fully saturated rings. The zero-order valence-electron chi connectivity index (χ0n) is 14.2. The number of nitrogens with one attached hydrogen (secondary N) is 1. The van der Waals surface area contributed by atoms with Crippen molar-refractivity contribution in [3.63, 3.8) is 0 Å². The molecule has 3 rings (SSSR count). The first-order valence-electron chi connectivity index (χ1n) is 8.00. The second-order valence-electron chi connectivity index (χ2n) is 5.68. The van der Waals surface area contributed by atoms with E-state index in [-0.39, 0.29) is 4.90 Å². The Morgan fingerprint density at radius 2 is 1.76 bits per heavy atom. The Hall–Kier alpha value is -2.54. The molecule has 0 radical (unpaired) electrons. The molecule has 1 aliphatic rings. The van der Waals surface area contributed by atoms with Gasteiger partial charge in [-0.05, 0) is 48.9 Å². The molecule has 0 bridgehead atoms. The molecular formula is C18H20N2O4S. The highest BCUT2D eigenvalue weighted by atomic mass is 32.2. The first-order chi connectivity index (χ1) is 12.0. The summed E-state index contributed by atoms with van der Waals surface area (Å²) in [6.07, 6.45) is 1.92. The van der Waals surface area contributed by atoms with E-state index in [9.17, 15) is 8.42 Å². The van der Waals surface area contributed by atoms with Crippen LogP contribution in [0.15, 0.2) is 52.5 Å². The SMILES string of the molecule is CCC(=NNc1ccc(S(C)(=O)=O)cc1)c1ccc2c(c1)OCCO2. The number of sulfone groups is 1. The van der Waals surface area contributed by atoms with E-state index in [1.165, 1.54) is 6.26 Å². The van der Waals surface area contributed by atoms with Gasteiger partial charge in [-0.15, -0.1) is 0 Å². The molecule has 1 N–H and O–H groups in total. The quantitative estimate of drug-likeness (QED) is 0.655. The van der Waals surface area contributed by atoms with Crippen molar-refractivity contribution in [2.75, 3.05) is 24.9 Å². The summed E-state index contributed by atoms with van der Waals surface area (Å²) < 4.78 is 34.1. The normalized spacial score (nSPS) is 14.2. The number of benzene rings is 2. The molecule has 1 heterocycles. The summed E-state index contributed by atoms with van der Waals surface area (Å²) in [5, 5.41) is 4.44. The van der Waals surface area contributed by atoms with Crippen LogP contribution in [0.3, 0.4) is 0 Å². The summed E-state index contributed by atoms with van der Waals surface area (Å²) >= 11 is 0. The van der Waals surface area contributed by atoms with Crippen molar-refractivity contribution in [2.45, 2.75) is 18.2 Å². The zero-order valence-corrected chi connectivity index (χ0v) is 15.0. The summed E-state index contributed by atoms with van der Waals surface area (Å²) in [5.74, 6) is 1.47. The van der Waals surface area contributed by atoms with Crippen LogP contribution in [0.2, 0.25) is 0 Å². The fraction of sp³-hybridized carbons (Fsp3) is 0.278. The standard InChI is InChI=1S/C18H20N2O4S/c1-3-16(13-4-9-17-18(12-13)24-11-10-23-17)20-19-14-5-7-15(8-6-14)25(2,21)22/h4-9,12,19H,3,10-11H2,1-2H3. The predicted molar refractivity (Wildman–Crippen MR) is 97.4 cm³/mol. The van der Waals surface area contributed by atoms with Gasteiger partial charge in [0.05, 0.1) is 16.3 Å². The van der Waals surface area contributed by atoms with Crippen LogP contribution in [-0.4, -0.2) is 33.6 Å². The maximum atomic E-state index is 11.5. The van der Waals surface area contributed by atoms with Gasteiger partial charge in [0.2, 0.25) is 0 Å². The Balaban J connectivity index is 1.79. The molecule has 0 saturated carbocycles. The van der Waals surface area contributed by atoms with Gasteiger partial charge in [0.1, 0.15) is 13.2 Å². The van der Waals surface area contributed by atoms with Gasteiger partial charge in [-0.25, -0.2) is 8.42 Å². The van der Waals surface area contributed by atoms with E-state index in [0.717, 1.165) is 34.9 Å². The van der Waals surface area contributed by atoms with E-state index < -0.39 is 9.84 Å². The first kappa shape index (κ1) is 17.3. The largest absolute Gasteiger partial charge is 0.486 e. The molecule has 2 aromatic rings. The lowest BCUT2D eigenvalue weighted by molar-refractivity contribution is 0.171. The number of hydrogen-bond acceptors (Lipinski definition) is 6. The summed E-state index contributed by atoms with van der Waals surface area (Å²) in [7, 11) is -3.20. The van der Waals surface area contributed by atoms with Crippen molar-refractivity contribution in [1.29, 1.82) is 0 Å². The molecule has 0 spiro atoms. The first-order valence-corrected chi connectivity index (χ1v) is 9.89. The number of hydrazone groups is 1. The monoisotopic (exact) mass is 360 g/mol. The number of hydrogen-bond donors (Lipinski definition) is 1. The third-order valence-corrected chi connectivity index (χ3v) is 4.94. The van der Waals surface area contributed by atoms with Gasteiger partial charge in [-0.2, -0.15) is 5.10 Å². The molecule has 0 aromatic heterocycles. The molecule has 0 unspecified atom stereocenters. The molecule has 2 aromatic carbocycles. The molecule has 25 heavy (non-hydrogen) atoms. The minimum atomic E-state index is -3.20. The maximum absolute atomic E-state index is 11.5. The number of rotatable bonds is 5. The van der Waals surface area contributed by atoms with Crippen molar-refractivity contribution >= 4 is 21.2 Å². The number of fused-ring (bicyclic) bond motifs is 1. The van der Waals surface area contributed by atoms with E-state index in [1.54, 1.807) is 24.3 Å². The highest BCUT2D eigenvalue weighted by molar-refractivity contribution is 7.90. The smallest absolute Gasteiger partial charge is 0.175 e. The maximum Gasteiger partial charge on any atom is 0.175 e. The van der Waals surface area contributed by atoms with Crippen LogP contribution in [0.5, 0.6) is 11.5 Å². The molecular weight excluding hydrogens is 340 g/mol. The minimum Gasteiger partial charge on any atom is -0.486 e.